The quantitative estimate of drug-likeness (QED) is 0.718. The zero-order valence-electron chi connectivity index (χ0n) is 14.8. The molecule has 0 bridgehead atoms. The number of carbonyl (C=O) groups excluding carboxylic acids is 2. The van der Waals surface area contributed by atoms with Gasteiger partial charge in [0.05, 0.1) is 16.8 Å². The van der Waals surface area contributed by atoms with Gasteiger partial charge in [-0.25, -0.2) is 0 Å². The van der Waals surface area contributed by atoms with Crippen LogP contribution in [0.2, 0.25) is 0 Å². The highest BCUT2D eigenvalue weighted by Gasteiger charge is 2.13. The molecular weight excluding hydrogens is 328 g/mol. The minimum Gasteiger partial charge on any atom is -0.460 e. The minimum atomic E-state index is -0.482. The van der Waals surface area contributed by atoms with Crippen LogP contribution in [0.15, 0.2) is 54.6 Å². The Balaban J connectivity index is 1.61. The van der Waals surface area contributed by atoms with Crippen LogP contribution in [0.1, 0.15) is 27.2 Å². The number of benzene rings is 2. The van der Waals surface area contributed by atoms with Crippen LogP contribution in [0.25, 0.3) is 10.9 Å². The molecule has 0 saturated heterocycles. The SMILES string of the molecule is Cc1ccc2nc(C)c(C(=O)NCC(=O)OCc3ccccc3)cc2c1. The van der Waals surface area contributed by atoms with Crippen molar-refractivity contribution in [1.82, 2.24) is 10.3 Å². The number of hydrogen-bond acceptors (Lipinski definition) is 4. The van der Waals surface area contributed by atoms with Gasteiger partial charge in [-0.15, -0.1) is 0 Å². The van der Waals surface area contributed by atoms with Gasteiger partial charge in [0, 0.05) is 5.39 Å². The van der Waals surface area contributed by atoms with Gasteiger partial charge in [0.15, 0.2) is 0 Å². The summed E-state index contributed by atoms with van der Waals surface area (Å²) >= 11 is 0. The van der Waals surface area contributed by atoms with Gasteiger partial charge in [0.1, 0.15) is 13.2 Å². The van der Waals surface area contributed by atoms with Crippen molar-refractivity contribution in [2.45, 2.75) is 20.5 Å². The molecule has 5 nitrogen and oxygen atoms in total. The van der Waals surface area contributed by atoms with Gasteiger partial charge in [0.2, 0.25) is 0 Å². The first kappa shape index (κ1) is 17.6. The number of aryl methyl sites for hydroxylation is 2. The monoisotopic (exact) mass is 348 g/mol. The summed E-state index contributed by atoms with van der Waals surface area (Å²) in [5, 5.41) is 3.50. The van der Waals surface area contributed by atoms with E-state index in [4.69, 9.17) is 4.74 Å². The molecule has 3 rings (SSSR count). The van der Waals surface area contributed by atoms with Crippen LogP contribution in [0, 0.1) is 13.8 Å². The maximum absolute atomic E-state index is 12.4. The number of carbonyl (C=O) groups is 2. The summed E-state index contributed by atoms with van der Waals surface area (Å²) in [5.74, 6) is -0.820. The van der Waals surface area contributed by atoms with Crippen molar-refractivity contribution in [2.24, 2.45) is 0 Å². The lowest BCUT2D eigenvalue weighted by Crippen LogP contribution is -2.31. The minimum absolute atomic E-state index is 0.184. The van der Waals surface area contributed by atoms with Gasteiger partial charge in [-0.05, 0) is 37.6 Å². The average molecular weight is 348 g/mol. The Morgan fingerprint density at radius 2 is 1.81 bits per heavy atom. The third-order valence-electron chi connectivity index (χ3n) is 4.04. The largest absolute Gasteiger partial charge is 0.460 e. The molecular formula is C21H20N2O3. The maximum Gasteiger partial charge on any atom is 0.325 e. The molecule has 0 radical (unpaired) electrons. The second-order valence-corrected chi connectivity index (χ2v) is 6.15. The molecule has 0 fully saturated rings. The average Bonchev–Trinajstić information content (AvgIpc) is 2.65. The van der Waals surface area contributed by atoms with Crippen LogP contribution in [0.5, 0.6) is 0 Å². The number of rotatable bonds is 5. The maximum atomic E-state index is 12.4. The van der Waals surface area contributed by atoms with E-state index in [0.29, 0.717) is 11.3 Å². The van der Waals surface area contributed by atoms with Crippen LogP contribution in [0.3, 0.4) is 0 Å². The molecule has 0 aliphatic rings. The van der Waals surface area contributed by atoms with Crippen LogP contribution < -0.4 is 5.32 Å². The van der Waals surface area contributed by atoms with Crippen molar-refractivity contribution in [3.8, 4) is 0 Å². The van der Waals surface area contributed by atoms with Gasteiger partial charge in [-0.1, -0.05) is 42.0 Å². The molecule has 0 unspecified atom stereocenters. The molecule has 0 aliphatic heterocycles. The van der Waals surface area contributed by atoms with E-state index in [1.165, 1.54) is 0 Å². The number of ether oxygens (including phenoxy) is 1. The molecule has 26 heavy (non-hydrogen) atoms. The molecule has 1 amide bonds. The van der Waals surface area contributed by atoms with Crippen molar-refractivity contribution in [1.29, 1.82) is 0 Å². The number of esters is 1. The van der Waals surface area contributed by atoms with E-state index in [-0.39, 0.29) is 19.1 Å². The van der Waals surface area contributed by atoms with Crippen LogP contribution in [0.4, 0.5) is 0 Å². The van der Waals surface area contributed by atoms with Crippen molar-refractivity contribution in [3.63, 3.8) is 0 Å². The molecule has 5 heteroatoms. The van der Waals surface area contributed by atoms with Gasteiger partial charge >= 0.3 is 5.97 Å². The Morgan fingerprint density at radius 1 is 1.04 bits per heavy atom. The first-order valence-corrected chi connectivity index (χ1v) is 8.38. The third-order valence-corrected chi connectivity index (χ3v) is 4.04. The Bertz CT molecular complexity index is 952. The highest BCUT2D eigenvalue weighted by molar-refractivity contribution is 5.99. The van der Waals surface area contributed by atoms with Crippen molar-refractivity contribution < 1.29 is 14.3 Å². The van der Waals surface area contributed by atoms with Gasteiger partial charge in [0.25, 0.3) is 5.91 Å². The van der Waals surface area contributed by atoms with E-state index in [1.807, 2.05) is 55.5 Å². The summed E-state index contributed by atoms with van der Waals surface area (Å²) in [7, 11) is 0. The molecule has 3 aromatic rings. The zero-order chi connectivity index (χ0) is 18.5. The fourth-order valence-electron chi connectivity index (χ4n) is 2.66. The summed E-state index contributed by atoms with van der Waals surface area (Å²) in [4.78, 5) is 28.7. The van der Waals surface area contributed by atoms with E-state index in [9.17, 15) is 9.59 Å². The van der Waals surface area contributed by atoms with Gasteiger partial charge in [-0.3, -0.25) is 14.6 Å². The van der Waals surface area contributed by atoms with E-state index >= 15 is 0 Å². The normalized spacial score (nSPS) is 10.5. The lowest BCUT2D eigenvalue weighted by molar-refractivity contribution is -0.143. The van der Waals surface area contributed by atoms with Gasteiger partial charge < -0.3 is 10.1 Å². The molecule has 1 N–H and O–H groups in total. The van der Waals surface area contributed by atoms with E-state index in [0.717, 1.165) is 22.0 Å². The van der Waals surface area contributed by atoms with Crippen LogP contribution >= 0.6 is 0 Å². The third kappa shape index (κ3) is 4.25. The summed E-state index contributed by atoms with van der Waals surface area (Å²) in [6.07, 6.45) is 0. The predicted octanol–water partition coefficient (Wildman–Crippen LogP) is 3.32. The summed E-state index contributed by atoms with van der Waals surface area (Å²) in [6, 6.07) is 17.1. The highest BCUT2D eigenvalue weighted by atomic mass is 16.5. The Labute approximate surface area is 152 Å². The molecule has 0 saturated carbocycles. The van der Waals surface area contributed by atoms with Crippen molar-refractivity contribution in [3.05, 3.63) is 77.0 Å². The lowest BCUT2D eigenvalue weighted by Gasteiger charge is -2.09. The predicted molar refractivity (Wildman–Crippen MR) is 99.8 cm³/mol. The van der Waals surface area contributed by atoms with E-state index in [1.54, 1.807) is 13.0 Å². The standard InChI is InChI=1S/C21H20N2O3/c1-14-8-9-19-17(10-14)11-18(15(2)23-19)21(25)22-12-20(24)26-13-16-6-4-3-5-7-16/h3-11H,12-13H2,1-2H3,(H,22,25). The number of aromatic nitrogens is 1. The summed E-state index contributed by atoms with van der Waals surface area (Å²) < 4.78 is 5.16. The molecule has 1 heterocycles. The lowest BCUT2D eigenvalue weighted by atomic mass is 10.1. The molecule has 0 atom stereocenters. The van der Waals surface area contributed by atoms with Crippen molar-refractivity contribution in [2.75, 3.05) is 6.54 Å². The van der Waals surface area contributed by atoms with Crippen molar-refractivity contribution >= 4 is 22.8 Å². The van der Waals surface area contributed by atoms with Crippen LogP contribution in [-0.4, -0.2) is 23.4 Å². The fourth-order valence-corrected chi connectivity index (χ4v) is 2.66. The zero-order valence-corrected chi connectivity index (χ0v) is 14.8. The molecule has 132 valence electrons. The first-order chi connectivity index (χ1) is 12.5. The number of nitrogens with zero attached hydrogens (tertiary/aromatic N) is 1. The number of nitrogens with one attached hydrogen (secondary N) is 1. The molecule has 0 aliphatic carbocycles. The number of pyridine rings is 1. The first-order valence-electron chi connectivity index (χ1n) is 8.38. The topological polar surface area (TPSA) is 68.3 Å². The highest BCUT2D eigenvalue weighted by Crippen LogP contribution is 2.18. The Morgan fingerprint density at radius 3 is 2.58 bits per heavy atom. The molecule has 0 spiro atoms. The Hall–Kier alpha value is -3.21. The molecule has 2 aromatic carbocycles. The summed E-state index contributed by atoms with van der Waals surface area (Å²) in [6.45, 7) is 3.77. The number of amides is 1. The Kier molecular flexibility index (Phi) is 5.27. The number of fused-ring (bicyclic) bond motifs is 1. The van der Waals surface area contributed by atoms with Gasteiger partial charge in [-0.2, -0.15) is 0 Å². The fraction of sp³-hybridized carbons (Fsp3) is 0.190. The smallest absolute Gasteiger partial charge is 0.325 e. The second kappa shape index (κ2) is 7.78. The number of hydrogen-bond donors (Lipinski definition) is 1. The molecule has 1 aromatic heterocycles. The van der Waals surface area contributed by atoms with E-state index in [2.05, 4.69) is 10.3 Å². The summed E-state index contributed by atoms with van der Waals surface area (Å²) in [5.41, 5.74) is 3.92. The van der Waals surface area contributed by atoms with E-state index < -0.39 is 5.97 Å². The van der Waals surface area contributed by atoms with Crippen LogP contribution in [-0.2, 0) is 16.1 Å². The second-order valence-electron chi connectivity index (χ2n) is 6.15.